The Hall–Kier alpha value is -2.14. The first-order chi connectivity index (χ1) is 10.0. The molecule has 1 aromatic carbocycles. The van der Waals surface area contributed by atoms with Crippen LogP contribution in [-0.2, 0) is 0 Å². The number of rotatable bonds is 3. The second kappa shape index (κ2) is 6.54. The monoisotopic (exact) mass is 365 g/mol. The molecule has 0 radical (unpaired) electrons. The Balaban J connectivity index is 2.35. The molecular formula is C13H9BrClN5O. The molecular weight excluding hydrogens is 358 g/mol. The number of hydrogen-bond acceptors (Lipinski definition) is 5. The van der Waals surface area contributed by atoms with Crippen molar-refractivity contribution in [1.82, 2.24) is 4.98 Å². The van der Waals surface area contributed by atoms with Gasteiger partial charge in [-0.15, -0.1) is 0 Å². The summed E-state index contributed by atoms with van der Waals surface area (Å²) in [4.78, 5) is 16.3. The van der Waals surface area contributed by atoms with E-state index >= 15 is 0 Å². The molecule has 2 aromatic rings. The maximum atomic E-state index is 12.3. The number of anilines is 2. The molecule has 106 valence electrons. The Kier molecular flexibility index (Phi) is 4.75. The lowest BCUT2D eigenvalue weighted by atomic mass is 10.2. The number of carbonyl (C=O) groups excluding carboxylic acids is 1. The van der Waals surface area contributed by atoms with Crippen molar-refractivity contribution >= 4 is 44.9 Å². The first kappa shape index (κ1) is 15.3. The summed E-state index contributed by atoms with van der Waals surface area (Å²) in [6, 6.07) is 8.13. The fraction of sp³-hybridized carbons (Fsp3) is 0. The van der Waals surface area contributed by atoms with Crippen LogP contribution in [0.4, 0.5) is 11.5 Å². The van der Waals surface area contributed by atoms with E-state index in [2.05, 4.69) is 31.7 Å². The number of amides is 1. The van der Waals surface area contributed by atoms with E-state index < -0.39 is 5.91 Å². The van der Waals surface area contributed by atoms with Crippen LogP contribution in [0.3, 0.4) is 0 Å². The van der Waals surface area contributed by atoms with E-state index in [1.165, 1.54) is 18.3 Å². The highest BCUT2D eigenvalue weighted by molar-refractivity contribution is 9.10. The molecule has 0 fully saturated rings. The molecule has 4 N–H and O–H groups in total. The summed E-state index contributed by atoms with van der Waals surface area (Å²) in [5.74, 6) is 5.11. The highest BCUT2D eigenvalue weighted by Gasteiger charge is 2.14. The zero-order valence-electron chi connectivity index (χ0n) is 10.5. The molecule has 0 aliphatic heterocycles. The third-order valence-electron chi connectivity index (χ3n) is 2.58. The van der Waals surface area contributed by atoms with E-state index in [-0.39, 0.29) is 11.4 Å². The van der Waals surface area contributed by atoms with Gasteiger partial charge in [0.05, 0.1) is 27.9 Å². The van der Waals surface area contributed by atoms with Crippen molar-refractivity contribution in [2.45, 2.75) is 0 Å². The lowest BCUT2D eigenvalue weighted by molar-refractivity contribution is 0.102. The summed E-state index contributed by atoms with van der Waals surface area (Å²) in [6.07, 6.45) is 1.51. The number of nitrogen functional groups attached to an aromatic ring is 1. The number of nitrogens with zero attached hydrogens (tertiary/aromatic N) is 2. The largest absolute Gasteiger partial charge is 0.320 e. The quantitative estimate of drug-likeness (QED) is 0.572. The van der Waals surface area contributed by atoms with E-state index in [0.29, 0.717) is 20.7 Å². The van der Waals surface area contributed by atoms with Gasteiger partial charge in [0.15, 0.2) is 5.82 Å². The zero-order chi connectivity index (χ0) is 15.4. The van der Waals surface area contributed by atoms with Crippen LogP contribution >= 0.6 is 27.5 Å². The number of nitrogens with one attached hydrogen (secondary N) is 2. The third kappa shape index (κ3) is 3.49. The fourth-order valence-corrected chi connectivity index (χ4v) is 2.10. The van der Waals surface area contributed by atoms with Gasteiger partial charge in [0.25, 0.3) is 5.91 Å². The van der Waals surface area contributed by atoms with Gasteiger partial charge in [0.2, 0.25) is 0 Å². The SMILES string of the molecule is N#Cc1ccc(Cl)c(NC(=O)c2cc(Br)cnc2NN)c1. The number of nitrogens with two attached hydrogens (primary N) is 1. The second-order valence-electron chi connectivity index (χ2n) is 3.95. The molecule has 21 heavy (non-hydrogen) atoms. The summed E-state index contributed by atoms with van der Waals surface area (Å²) in [5, 5.41) is 11.8. The van der Waals surface area contributed by atoms with Gasteiger partial charge < -0.3 is 10.7 Å². The maximum absolute atomic E-state index is 12.3. The molecule has 0 aliphatic carbocycles. The van der Waals surface area contributed by atoms with Crippen LogP contribution in [0, 0.1) is 11.3 Å². The summed E-state index contributed by atoms with van der Waals surface area (Å²) < 4.78 is 0.628. The topological polar surface area (TPSA) is 104 Å². The first-order valence-electron chi connectivity index (χ1n) is 5.68. The third-order valence-corrected chi connectivity index (χ3v) is 3.34. The number of aromatic nitrogens is 1. The standard InChI is InChI=1S/C13H9BrClN5O/c14-8-4-9(12(20-17)18-6-8)13(21)19-11-3-7(5-16)1-2-10(11)15/h1-4,6H,17H2,(H,18,20)(H,19,21). The van der Waals surface area contributed by atoms with Crippen LogP contribution in [0.1, 0.15) is 15.9 Å². The van der Waals surface area contributed by atoms with Crippen LogP contribution in [0.15, 0.2) is 34.9 Å². The minimum atomic E-state index is -0.450. The van der Waals surface area contributed by atoms with Crippen LogP contribution in [0.25, 0.3) is 0 Å². The van der Waals surface area contributed by atoms with Gasteiger partial charge in [-0.25, -0.2) is 10.8 Å². The Morgan fingerprint density at radius 3 is 2.86 bits per heavy atom. The number of carbonyl (C=O) groups is 1. The average Bonchev–Trinajstić information content (AvgIpc) is 2.49. The van der Waals surface area contributed by atoms with E-state index in [1.807, 2.05) is 6.07 Å². The molecule has 0 aliphatic rings. The van der Waals surface area contributed by atoms with Crippen LogP contribution in [0.2, 0.25) is 5.02 Å². The Labute approximate surface area is 134 Å². The molecule has 6 nitrogen and oxygen atoms in total. The highest BCUT2D eigenvalue weighted by atomic mass is 79.9. The van der Waals surface area contributed by atoms with Crippen molar-refractivity contribution in [2.75, 3.05) is 10.7 Å². The maximum Gasteiger partial charge on any atom is 0.259 e. The molecule has 0 atom stereocenters. The molecule has 8 heteroatoms. The number of hydrazine groups is 1. The van der Waals surface area contributed by atoms with Crippen molar-refractivity contribution in [3.8, 4) is 6.07 Å². The van der Waals surface area contributed by atoms with Gasteiger partial charge in [0.1, 0.15) is 0 Å². The van der Waals surface area contributed by atoms with E-state index in [0.717, 1.165) is 0 Å². The number of pyridine rings is 1. The summed E-state index contributed by atoms with van der Waals surface area (Å²) in [6.45, 7) is 0. The molecule has 1 aromatic heterocycles. The van der Waals surface area contributed by atoms with Crippen LogP contribution < -0.4 is 16.6 Å². The van der Waals surface area contributed by atoms with Crippen molar-refractivity contribution in [2.24, 2.45) is 5.84 Å². The lowest BCUT2D eigenvalue weighted by Crippen LogP contribution is -2.18. The van der Waals surface area contributed by atoms with Crippen LogP contribution in [0.5, 0.6) is 0 Å². The van der Waals surface area contributed by atoms with Crippen molar-refractivity contribution < 1.29 is 4.79 Å². The van der Waals surface area contributed by atoms with Gasteiger partial charge in [0, 0.05) is 10.7 Å². The predicted octanol–water partition coefficient (Wildman–Crippen LogP) is 2.91. The van der Waals surface area contributed by atoms with Gasteiger partial charge in [-0.1, -0.05) is 11.6 Å². The van der Waals surface area contributed by atoms with E-state index in [9.17, 15) is 4.79 Å². The molecule has 1 amide bonds. The first-order valence-corrected chi connectivity index (χ1v) is 6.85. The number of hydrogen-bond donors (Lipinski definition) is 3. The second-order valence-corrected chi connectivity index (χ2v) is 5.28. The zero-order valence-corrected chi connectivity index (χ0v) is 12.9. The van der Waals surface area contributed by atoms with Gasteiger partial charge >= 0.3 is 0 Å². The van der Waals surface area contributed by atoms with Gasteiger partial charge in [-0.3, -0.25) is 4.79 Å². The summed E-state index contributed by atoms with van der Waals surface area (Å²) in [7, 11) is 0. The minimum Gasteiger partial charge on any atom is -0.320 e. The fourth-order valence-electron chi connectivity index (χ4n) is 1.61. The summed E-state index contributed by atoms with van der Waals surface area (Å²) >= 11 is 9.24. The molecule has 0 saturated carbocycles. The average molecular weight is 367 g/mol. The van der Waals surface area contributed by atoms with Crippen LogP contribution in [-0.4, -0.2) is 10.9 Å². The molecule has 0 spiro atoms. The predicted molar refractivity (Wildman–Crippen MR) is 83.9 cm³/mol. The Bertz CT molecular complexity index is 744. The molecule has 0 bridgehead atoms. The van der Waals surface area contributed by atoms with Gasteiger partial charge in [-0.2, -0.15) is 5.26 Å². The van der Waals surface area contributed by atoms with E-state index in [1.54, 1.807) is 12.1 Å². The number of nitriles is 1. The Morgan fingerprint density at radius 2 is 2.19 bits per heavy atom. The van der Waals surface area contributed by atoms with Crippen molar-refractivity contribution in [3.63, 3.8) is 0 Å². The highest BCUT2D eigenvalue weighted by Crippen LogP contribution is 2.25. The molecule has 2 rings (SSSR count). The summed E-state index contributed by atoms with van der Waals surface area (Å²) in [5.41, 5.74) is 3.31. The van der Waals surface area contributed by atoms with Crippen molar-refractivity contribution in [1.29, 1.82) is 5.26 Å². The van der Waals surface area contributed by atoms with Gasteiger partial charge in [-0.05, 0) is 40.2 Å². The number of halogens is 2. The minimum absolute atomic E-state index is 0.225. The molecule has 0 saturated heterocycles. The van der Waals surface area contributed by atoms with E-state index in [4.69, 9.17) is 22.7 Å². The van der Waals surface area contributed by atoms with Crippen molar-refractivity contribution in [3.05, 3.63) is 51.1 Å². The normalized spacial score (nSPS) is 9.81. The number of benzene rings is 1. The Morgan fingerprint density at radius 1 is 1.43 bits per heavy atom. The lowest BCUT2D eigenvalue weighted by Gasteiger charge is -2.10. The smallest absolute Gasteiger partial charge is 0.259 e. The molecule has 1 heterocycles. The molecule has 0 unspecified atom stereocenters.